The number of aryl methyl sites for hydroxylation is 1. The van der Waals surface area contributed by atoms with Crippen LogP contribution < -0.4 is 5.32 Å². The van der Waals surface area contributed by atoms with Crippen LogP contribution in [0.25, 0.3) is 16.9 Å². The van der Waals surface area contributed by atoms with E-state index in [4.69, 9.17) is 0 Å². The fourth-order valence-electron chi connectivity index (χ4n) is 2.53. The molecule has 0 saturated carbocycles. The summed E-state index contributed by atoms with van der Waals surface area (Å²) in [5.41, 5.74) is 3.64. The number of benzene rings is 2. The second kappa shape index (κ2) is 7.13. The first-order chi connectivity index (χ1) is 12.1. The zero-order valence-corrected chi connectivity index (χ0v) is 13.9. The van der Waals surface area contributed by atoms with Crippen molar-refractivity contribution in [1.82, 2.24) is 15.1 Å². The summed E-state index contributed by atoms with van der Waals surface area (Å²) >= 11 is 0. The number of carbonyl (C=O) groups is 1. The zero-order valence-electron chi connectivity index (χ0n) is 13.9. The normalized spacial score (nSPS) is 10.5. The van der Waals surface area contributed by atoms with E-state index in [1.54, 1.807) is 29.1 Å². The molecule has 5 heteroatoms. The summed E-state index contributed by atoms with van der Waals surface area (Å²) in [6.45, 7) is 5.96. The Morgan fingerprint density at radius 2 is 2.04 bits per heavy atom. The Labute approximate surface area is 145 Å². The summed E-state index contributed by atoms with van der Waals surface area (Å²) in [7, 11) is 0. The van der Waals surface area contributed by atoms with E-state index in [2.05, 4.69) is 17.0 Å². The molecule has 0 radical (unpaired) electrons. The quantitative estimate of drug-likeness (QED) is 0.719. The third-order valence-electron chi connectivity index (χ3n) is 3.75. The van der Waals surface area contributed by atoms with Gasteiger partial charge in [0.15, 0.2) is 0 Å². The number of halogens is 1. The van der Waals surface area contributed by atoms with Crippen LogP contribution >= 0.6 is 0 Å². The highest BCUT2D eigenvalue weighted by Crippen LogP contribution is 2.24. The van der Waals surface area contributed by atoms with Gasteiger partial charge in [0.05, 0.1) is 11.3 Å². The molecule has 0 bridgehead atoms. The van der Waals surface area contributed by atoms with Crippen molar-refractivity contribution in [3.05, 3.63) is 84.3 Å². The van der Waals surface area contributed by atoms with Crippen LogP contribution in [0.5, 0.6) is 0 Å². The highest BCUT2D eigenvalue weighted by atomic mass is 19.1. The molecule has 0 aliphatic carbocycles. The maximum Gasteiger partial charge on any atom is 0.255 e. The first kappa shape index (κ1) is 16.6. The smallest absolute Gasteiger partial charge is 0.255 e. The van der Waals surface area contributed by atoms with Gasteiger partial charge in [-0.3, -0.25) is 4.79 Å². The fraction of sp³-hybridized carbons (Fsp3) is 0.100. The fourth-order valence-corrected chi connectivity index (χ4v) is 2.53. The summed E-state index contributed by atoms with van der Waals surface area (Å²) in [4.78, 5) is 12.5. The Balaban J connectivity index is 2.09. The Morgan fingerprint density at radius 3 is 2.72 bits per heavy atom. The van der Waals surface area contributed by atoms with Crippen molar-refractivity contribution >= 4 is 5.91 Å². The molecule has 0 atom stereocenters. The number of amides is 1. The number of nitrogens with one attached hydrogen (secondary N) is 1. The number of hydrogen-bond donors (Lipinski definition) is 1. The average molecular weight is 335 g/mol. The molecule has 2 aromatic carbocycles. The van der Waals surface area contributed by atoms with E-state index in [1.807, 2.05) is 31.2 Å². The predicted octanol–water partition coefficient (Wildman–Crippen LogP) is 3.90. The van der Waals surface area contributed by atoms with Crippen molar-refractivity contribution in [2.24, 2.45) is 0 Å². The van der Waals surface area contributed by atoms with Gasteiger partial charge in [-0.05, 0) is 37.3 Å². The minimum absolute atomic E-state index is 0.232. The first-order valence-electron chi connectivity index (χ1n) is 7.90. The highest BCUT2D eigenvalue weighted by molar-refractivity contribution is 6.00. The van der Waals surface area contributed by atoms with Gasteiger partial charge < -0.3 is 5.32 Å². The molecule has 1 heterocycles. The standard InChI is InChI=1S/C20H18FN3O/c1-3-11-22-20(25)18-13-24(17-9-7-16(21)8-10-17)23-19(18)15-6-4-5-14(2)12-15/h3-10,12-13H,1,11H2,2H3,(H,22,25). The van der Waals surface area contributed by atoms with Crippen LogP contribution in [0.15, 0.2) is 67.4 Å². The largest absolute Gasteiger partial charge is 0.348 e. The molecule has 126 valence electrons. The Hall–Kier alpha value is -3.21. The van der Waals surface area contributed by atoms with Gasteiger partial charge in [-0.2, -0.15) is 5.10 Å². The molecule has 0 unspecified atom stereocenters. The van der Waals surface area contributed by atoms with E-state index in [0.717, 1.165) is 11.1 Å². The van der Waals surface area contributed by atoms with Gasteiger partial charge in [0.2, 0.25) is 0 Å². The number of aromatic nitrogens is 2. The third-order valence-corrected chi connectivity index (χ3v) is 3.75. The van der Waals surface area contributed by atoms with Gasteiger partial charge in [0.1, 0.15) is 11.5 Å². The van der Waals surface area contributed by atoms with Gasteiger partial charge in [0, 0.05) is 18.3 Å². The second-order valence-corrected chi connectivity index (χ2v) is 5.68. The molecule has 1 amide bonds. The topological polar surface area (TPSA) is 46.9 Å². The summed E-state index contributed by atoms with van der Waals surface area (Å²) in [5, 5.41) is 7.34. The Kier molecular flexibility index (Phi) is 4.75. The van der Waals surface area contributed by atoms with E-state index in [-0.39, 0.29) is 11.7 Å². The molecule has 25 heavy (non-hydrogen) atoms. The van der Waals surface area contributed by atoms with Crippen molar-refractivity contribution in [2.45, 2.75) is 6.92 Å². The van der Waals surface area contributed by atoms with Gasteiger partial charge in [-0.1, -0.05) is 29.8 Å². The van der Waals surface area contributed by atoms with Crippen molar-refractivity contribution in [3.63, 3.8) is 0 Å². The van der Waals surface area contributed by atoms with E-state index < -0.39 is 0 Å². The number of carbonyl (C=O) groups excluding carboxylic acids is 1. The van der Waals surface area contributed by atoms with Crippen LogP contribution in [0.4, 0.5) is 4.39 Å². The molecule has 3 aromatic rings. The van der Waals surface area contributed by atoms with Crippen LogP contribution in [-0.2, 0) is 0 Å². The first-order valence-corrected chi connectivity index (χ1v) is 7.90. The van der Waals surface area contributed by atoms with Crippen molar-refractivity contribution in [3.8, 4) is 16.9 Å². The van der Waals surface area contributed by atoms with E-state index in [1.165, 1.54) is 12.1 Å². The van der Waals surface area contributed by atoms with E-state index in [0.29, 0.717) is 23.5 Å². The summed E-state index contributed by atoms with van der Waals surface area (Å²) in [5.74, 6) is -0.552. The molecular weight excluding hydrogens is 317 g/mol. The van der Waals surface area contributed by atoms with Crippen LogP contribution in [0.1, 0.15) is 15.9 Å². The molecular formula is C20H18FN3O. The number of rotatable bonds is 5. The van der Waals surface area contributed by atoms with Crippen molar-refractivity contribution < 1.29 is 9.18 Å². The molecule has 1 aromatic heterocycles. The monoisotopic (exact) mass is 335 g/mol. The van der Waals surface area contributed by atoms with Crippen LogP contribution in [0, 0.1) is 12.7 Å². The lowest BCUT2D eigenvalue weighted by atomic mass is 10.1. The van der Waals surface area contributed by atoms with Crippen molar-refractivity contribution in [1.29, 1.82) is 0 Å². The Bertz CT molecular complexity index is 913. The predicted molar refractivity (Wildman–Crippen MR) is 96.2 cm³/mol. The third kappa shape index (κ3) is 3.66. The minimum Gasteiger partial charge on any atom is -0.348 e. The summed E-state index contributed by atoms with van der Waals surface area (Å²) < 4.78 is 14.7. The Morgan fingerprint density at radius 1 is 1.28 bits per heavy atom. The molecule has 0 aliphatic rings. The van der Waals surface area contributed by atoms with Crippen LogP contribution in [0.2, 0.25) is 0 Å². The van der Waals surface area contributed by atoms with Gasteiger partial charge in [-0.15, -0.1) is 6.58 Å². The summed E-state index contributed by atoms with van der Waals surface area (Å²) in [6.07, 6.45) is 3.28. The van der Waals surface area contributed by atoms with E-state index in [9.17, 15) is 9.18 Å². The number of hydrogen-bond acceptors (Lipinski definition) is 2. The van der Waals surface area contributed by atoms with Gasteiger partial charge in [-0.25, -0.2) is 9.07 Å². The highest BCUT2D eigenvalue weighted by Gasteiger charge is 2.18. The average Bonchev–Trinajstić information content (AvgIpc) is 3.06. The minimum atomic E-state index is -0.321. The van der Waals surface area contributed by atoms with Crippen LogP contribution in [0.3, 0.4) is 0 Å². The second-order valence-electron chi connectivity index (χ2n) is 5.68. The summed E-state index contributed by atoms with van der Waals surface area (Å²) in [6, 6.07) is 13.8. The molecule has 3 rings (SSSR count). The van der Waals surface area contributed by atoms with Gasteiger partial charge in [0.25, 0.3) is 5.91 Å². The molecule has 0 spiro atoms. The lowest BCUT2D eigenvalue weighted by Crippen LogP contribution is -2.23. The maximum atomic E-state index is 13.2. The van der Waals surface area contributed by atoms with Crippen LogP contribution in [-0.4, -0.2) is 22.2 Å². The number of nitrogens with zero attached hydrogens (tertiary/aromatic N) is 2. The lowest BCUT2D eigenvalue weighted by Gasteiger charge is -2.04. The molecule has 4 nitrogen and oxygen atoms in total. The molecule has 1 N–H and O–H groups in total. The SMILES string of the molecule is C=CCNC(=O)c1cn(-c2ccc(F)cc2)nc1-c1cccc(C)c1. The maximum absolute atomic E-state index is 13.2. The zero-order chi connectivity index (χ0) is 17.8. The van der Waals surface area contributed by atoms with E-state index >= 15 is 0 Å². The molecule has 0 aliphatic heterocycles. The lowest BCUT2D eigenvalue weighted by molar-refractivity contribution is 0.0958. The molecule has 0 saturated heterocycles. The molecule has 0 fully saturated rings. The van der Waals surface area contributed by atoms with Gasteiger partial charge >= 0.3 is 0 Å². The van der Waals surface area contributed by atoms with Crippen molar-refractivity contribution in [2.75, 3.05) is 6.54 Å².